The van der Waals surface area contributed by atoms with Crippen LogP contribution in [0.1, 0.15) is 13.3 Å². The number of aromatic amines is 1. The zero-order valence-electron chi connectivity index (χ0n) is 6.77. The zero-order chi connectivity index (χ0) is 9.40. The van der Waals surface area contributed by atoms with Gasteiger partial charge in [-0.2, -0.15) is 0 Å². The molecule has 0 saturated heterocycles. The molecule has 0 fully saturated rings. The highest BCUT2D eigenvalue weighted by atomic mass is 16.9. The van der Waals surface area contributed by atoms with Gasteiger partial charge in [-0.05, 0) is 6.42 Å². The topological polar surface area (TPSA) is 85.9 Å². The van der Waals surface area contributed by atoms with E-state index >= 15 is 0 Å². The van der Waals surface area contributed by atoms with Gasteiger partial charge in [0.25, 0.3) is 0 Å². The molecular formula is C6H11N3O3. The molecule has 1 heterocycles. The Labute approximate surface area is 69.6 Å². The lowest BCUT2D eigenvalue weighted by molar-refractivity contribution is -0.695. The molecule has 6 heteroatoms. The van der Waals surface area contributed by atoms with E-state index in [1.807, 2.05) is 18.7 Å². The number of hydrogen-bond donors (Lipinski definition) is 1. The van der Waals surface area contributed by atoms with Crippen molar-refractivity contribution in [1.82, 2.24) is 4.98 Å². The van der Waals surface area contributed by atoms with Crippen LogP contribution in [-0.4, -0.2) is 10.1 Å². The van der Waals surface area contributed by atoms with Crippen LogP contribution in [0.2, 0.25) is 0 Å². The molecule has 1 N–H and O–H groups in total. The summed E-state index contributed by atoms with van der Waals surface area (Å²) in [7, 11) is 0. The molecule has 1 aromatic heterocycles. The van der Waals surface area contributed by atoms with Gasteiger partial charge in [0.05, 0.1) is 11.6 Å². The lowest BCUT2D eigenvalue weighted by Gasteiger charge is -1.85. The molecule has 0 aliphatic heterocycles. The number of nitrogens with one attached hydrogen (secondary N) is 1. The van der Waals surface area contributed by atoms with Gasteiger partial charge in [-0.15, -0.1) is 0 Å². The van der Waals surface area contributed by atoms with Crippen LogP contribution in [0.4, 0.5) is 0 Å². The molecule has 6 nitrogen and oxygen atoms in total. The van der Waals surface area contributed by atoms with Crippen LogP contribution in [0.25, 0.3) is 0 Å². The van der Waals surface area contributed by atoms with Crippen molar-refractivity contribution in [3.8, 4) is 0 Å². The van der Waals surface area contributed by atoms with E-state index < -0.39 is 5.09 Å². The first kappa shape index (κ1) is 10.4. The summed E-state index contributed by atoms with van der Waals surface area (Å²) in [6.07, 6.45) is 7.12. The third-order valence-electron chi connectivity index (χ3n) is 1.08. The van der Waals surface area contributed by atoms with Crippen molar-refractivity contribution in [3.63, 3.8) is 0 Å². The molecule has 1 rings (SSSR count). The molecule has 1 aromatic rings. The van der Waals surface area contributed by atoms with Crippen molar-refractivity contribution < 1.29 is 9.65 Å². The fourth-order valence-corrected chi connectivity index (χ4v) is 0.718. The fraction of sp³-hybridized carbons (Fsp3) is 0.500. The van der Waals surface area contributed by atoms with Gasteiger partial charge in [-0.25, -0.2) is 4.57 Å². The van der Waals surface area contributed by atoms with Crippen LogP contribution in [0.3, 0.4) is 0 Å². The van der Waals surface area contributed by atoms with E-state index in [4.69, 9.17) is 15.3 Å². The van der Waals surface area contributed by atoms with Crippen LogP contribution in [0, 0.1) is 15.3 Å². The second-order valence-corrected chi connectivity index (χ2v) is 2.07. The summed E-state index contributed by atoms with van der Waals surface area (Å²) in [5.74, 6) is 0. The van der Waals surface area contributed by atoms with Gasteiger partial charge in [0.1, 0.15) is 12.4 Å². The highest BCUT2D eigenvalue weighted by Crippen LogP contribution is 1.74. The SMILES string of the molecule is CCC[n+]1cc[nH]c1.O=[N+]([O-])[O-]. The second kappa shape index (κ2) is 6.14. The third kappa shape index (κ3) is 6.53. The maximum absolute atomic E-state index is 8.25. The average molecular weight is 173 g/mol. The first-order valence-electron chi connectivity index (χ1n) is 3.50. The van der Waals surface area contributed by atoms with E-state index in [0.29, 0.717) is 0 Å². The first-order chi connectivity index (χ1) is 5.66. The molecule has 0 atom stereocenters. The van der Waals surface area contributed by atoms with Gasteiger partial charge in [0, 0.05) is 0 Å². The van der Waals surface area contributed by atoms with Crippen LogP contribution >= 0.6 is 0 Å². The van der Waals surface area contributed by atoms with Gasteiger partial charge in [-0.1, -0.05) is 6.92 Å². The molecule has 12 heavy (non-hydrogen) atoms. The summed E-state index contributed by atoms with van der Waals surface area (Å²) < 4.78 is 2.12. The third-order valence-corrected chi connectivity index (χ3v) is 1.08. The van der Waals surface area contributed by atoms with E-state index in [2.05, 4.69) is 16.5 Å². The Morgan fingerprint density at radius 2 is 2.17 bits per heavy atom. The maximum Gasteiger partial charge on any atom is 0.241 e. The molecule has 0 amide bonds. The Kier molecular flexibility index (Phi) is 5.33. The molecule has 0 aliphatic carbocycles. The lowest BCUT2D eigenvalue weighted by Crippen LogP contribution is -2.29. The van der Waals surface area contributed by atoms with Crippen molar-refractivity contribution in [2.24, 2.45) is 0 Å². The standard InChI is InChI=1S/C6H10N2.NO3/c1-2-4-8-5-3-7-6-8;2-1(3)4/h3,5-6H,2,4H2,1H3;/q;-1/p+1. The molecule has 0 saturated carbocycles. The molecular weight excluding hydrogens is 162 g/mol. The number of H-pyrrole nitrogens is 1. The van der Waals surface area contributed by atoms with Crippen molar-refractivity contribution in [2.75, 3.05) is 0 Å². The fourth-order valence-electron chi connectivity index (χ4n) is 0.718. The Hall–Kier alpha value is -1.59. The van der Waals surface area contributed by atoms with Crippen molar-refractivity contribution in [1.29, 1.82) is 0 Å². The zero-order valence-corrected chi connectivity index (χ0v) is 6.77. The molecule has 68 valence electrons. The van der Waals surface area contributed by atoms with Crippen LogP contribution < -0.4 is 4.57 Å². The second-order valence-electron chi connectivity index (χ2n) is 2.07. The minimum Gasteiger partial charge on any atom is -0.356 e. The maximum atomic E-state index is 8.25. The van der Waals surface area contributed by atoms with Gasteiger partial charge in [0.15, 0.2) is 0 Å². The summed E-state index contributed by atoms with van der Waals surface area (Å²) in [5, 5.41) is 14.8. The van der Waals surface area contributed by atoms with E-state index in [-0.39, 0.29) is 0 Å². The summed E-state index contributed by atoms with van der Waals surface area (Å²) in [6.45, 7) is 3.28. The Balaban J connectivity index is 0.000000261. The predicted molar refractivity (Wildman–Crippen MR) is 41.6 cm³/mol. The van der Waals surface area contributed by atoms with Crippen LogP contribution in [0.15, 0.2) is 18.7 Å². The summed E-state index contributed by atoms with van der Waals surface area (Å²) in [5.41, 5.74) is 0. The predicted octanol–water partition coefficient (Wildman–Crippen LogP) is 0.473. The average Bonchev–Trinajstić information content (AvgIpc) is 2.39. The molecule has 0 bridgehead atoms. The number of nitrogens with zero attached hydrogens (tertiary/aromatic N) is 2. The number of rotatable bonds is 2. The Morgan fingerprint density at radius 3 is 2.50 bits per heavy atom. The van der Waals surface area contributed by atoms with E-state index in [0.717, 1.165) is 6.54 Å². The number of aromatic nitrogens is 2. The minimum absolute atomic E-state index is 1.11. The summed E-state index contributed by atoms with van der Waals surface area (Å²) in [6, 6.07) is 0. The highest BCUT2D eigenvalue weighted by Gasteiger charge is 1.89. The molecule has 0 spiro atoms. The van der Waals surface area contributed by atoms with Gasteiger partial charge < -0.3 is 15.3 Å². The van der Waals surface area contributed by atoms with Crippen LogP contribution in [-0.2, 0) is 6.54 Å². The molecule has 0 aromatic carbocycles. The molecule has 0 unspecified atom stereocenters. The quantitative estimate of drug-likeness (QED) is 0.400. The van der Waals surface area contributed by atoms with Crippen LogP contribution in [0.5, 0.6) is 0 Å². The highest BCUT2D eigenvalue weighted by molar-refractivity contribution is 4.55. The van der Waals surface area contributed by atoms with Crippen molar-refractivity contribution in [3.05, 3.63) is 34.0 Å². The largest absolute Gasteiger partial charge is 0.356 e. The summed E-state index contributed by atoms with van der Waals surface area (Å²) in [4.78, 5) is 11.2. The van der Waals surface area contributed by atoms with E-state index in [1.165, 1.54) is 6.42 Å². The number of hydrogen-bond acceptors (Lipinski definition) is 3. The minimum atomic E-state index is -1.75. The van der Waals surface area contributed by atoms with E-state index in [1.54, 1.807) is 0 Å². The first-order valence-corrected chi connectivity index (χ1v) is 3.50. The molecule has 0 radical (unpaired) electrons. The smallest absolute Gasteiger partial charge is 0.241 e. The van der Waals surface area contributed by atoms with Crippen molar-refractivity contribution >= 4 is 0 Å². The van der Waals surface area contributed by atoms with Gasteiger partial charge in [-0.3, -0.25) is 4.98 Å². The number of imidazole rings is 1. The van der Waals surface area contributed by atoms with E-state index in [9.17, 15) is 0 Å². The Morgan fingerprint density at radius 1 is 1.58 bits per heavy atom. The van der Waals surface area contributed by atoms with Gasteiger partial charge in [0.2, 0.25) is 6.33 Å². The lowest BCUT2D eigenvalue weighted by atomic mass is 10.5. The Bertz CT molecular complexity index is 206. The number of aryl methyl sites for hydroxylation is 1. The van der Waals surface area contributed by atoms with Crippen molar-refractivity contribution in [2.45, 2.75) is 19.9 Å². The van der Waals surface area contributed by atoms with Gasteiger partial charge >= 0.3 is 0 Å². The molecule has 0 aliphatic rings. The normalized spacial score (nSPS) is 8.42. The summed E-state index contributed by atoms with van der Waals surface area (Å²) >= 11 is 0. The monoisotopic (exact) mass is 173 g/mol.